The summed E-state index contributed by atoms with van der Waals surface area (Å²) in [5.41, 5.74) is 2.37. The average Bonchev–Trinajstić information content (AvgIpc) is 2.49. The van der Waals surface area contributed by atoms with Crippen LogP contribution >= 0.6 is 0 Å². The van der Waals surface area contributed by atoms with Gasteiger partial charge in [0.05, 0.1) is 12.8 Å². The molecule has 7 heteroatoms. The number of benzene rings is 1. The number of carbonyl (C=O) groups is 1. The molecule has 1 aromatic heterocycles. The normalized spacial score (nSPS) is 11.4. The molecule has 122 valence electrons. The van der Waals surface area contributed by atoms with Crippen LogP contribution in [0.3, 0.4) is 0 Å². The van der Waals surface area contributed by atoms with Gasteiger partial charge in [-0.05, 0) is 36.2 Å². The van der Waals surface area contributed by atoms with Crippen LogP contribution in [0.1, 0.15) is 11.1 Å². The van der Waals surface area contributed by atoms with E-state index in [2.05, 4.69) is 10.3 Å². The first-order chi connectivity index (χ1) is 10.9. The summed E-state index contributed by atoms with van der Waals surface area (Å²) in [5, 5.41) is 2.74. The van der Waals surface area contributed by atoms with Crippen LogP contribution < -0.4 is 5.32 Å². The number of carbonyl (C=O) groups excluding carboxylic acids is 1. The highest BCUT2D eigenvalue weighted by molar-refractivity contribution is 7.88. The Morgan fingerprint density at radius 3 is 2.43 bits per heavy atom. The number of nitrogens with zero attached hydrogens (tertiary/aromatic N) is 2. The molecule has 0 bridgehead atoms. The highest BCUT2D eigenvalue weighted by Crippen LogP contribution is 2.14. The van der Waals surface area contributed by atoms with E-state index in [0.29, 0.717) is 5.69 Å². The van der Waals surface area contributed by atoms with Gasteiger partial charge in [-0.1, -0.05) is 18.2 Å². The maximum atomic E-state index is 12.2. The molecule has 23 heavy (non-hydrogen) atoms. The Hall–Kier alpha value is -2.25. The predicted molar refractivity (Wildman–Crippen MR) is 89.3 cm³/mol. The molecule has 0 aliphatic carbocycles. The summed E-state index contributed by atoms with van der Waals surface area (Å²) in [6, 6.07) is 10.8. The summed E-state index contributed by atoms with van der Waals surface area (Å²) in [5.74, 6) is -0.376. The smallest absolute Gasteiger partial charge is 0.239 e. The summed E-state index contributed by atoms with van der Waals surface area (Å²) in [6.07, 6.45) is 4.27. The van der Waals surface area contributed by atoms with E-state index in [1.807, 2.05) is 25.1 Å². The molecule has 0 fully saturated rings. The van der Waals surface area contributed by atoms with Crippen LogP contribution in [0.5, 0.6) is 0 Å². The van der Waals surface area contributed by atoms with Crippen molar-refractivity contribution in [1.82, 2.24) is 9.29 Å². The van der Waals surface area contributed by atoms with E-state index < -0.39 is 10.0 Å². The van der Waals surface area contributed by atoms with Crippen LogP contribution in [0.15, 0.2) is 48.8 Å². The van der Waals surface area contributed by atoms with Crippen LogP contribution in [-0.4, -0.2) is 36.4 Å². The Morgan fingerprint density at radius 2 is 1.83 bits per heavy atom. The van der Waals surface area contributed by atoms with Crippen molar-refractivity contribution in [2.75, 3.05) is 18.1 Å². The minimum Gasteiger partial charge on any atom is -0.325 e. The number of sulfonamides is 1. The van der Waals surface area contributed by atoms with Gasteiger partial charge < -0.3 is 5.32 Å². The Kier molecular flexibility index (Phi) is 5.46. The second-order valence-electron chi connectivity index (χ2n) is 5.25. The highest BCUT2D eigenvalue weighted by atomic mass is 32.2. The first-order valence-electron chi connectivity index (χ1n) is 7.06. The fourth-order valence-corrected chi connectivity index (χ4v) is 2.78. The number of nitrogens with one attached hydrogen (secondary N) is 1. The summed E-state index contributed by atoms with van der Waals surface area (Å²) in [4.78, 5) is 16.1. The number of amides is 1. The van der Waals surface area contributed by atoms with Crippen molar-refractivity contribution in [1.29, 1.82) is 0 Å². The van der Waals surface area contributed by atoms with Gasteiger partial charge >= 0.3 is 0 Å². The Morgan fingerprint density at radius 1 is 1.17 bits per heavy atom. The van der Waals surface area contributed by atoms with E-state index in [0.717, 1.165) is 21.7 Å². The third-order valence-corrected chi connectivity index (χ3v) is 4.51. The lowest BCUT2D eigenvalue weighted by Crippen LogP contribution is -2.37. The number of para-hydroxylation sites is 1. The zero-order valence-electron chi connectivity index (χ0n) is 13.1. The second kappa shape index (κ2) is 7.34. The summed E-state index contributed by atoms with van der Waals surface area (Å²) in [7, 11) is -3.51. The molecule has 0 radical (unpaired) electrons. The SMILES string of the molecule is Cc1ccccc1NC(=O)CN(Cc1ccncc1)S(C)(=O)=O. The zero-order valence-corrected chi connectivity index (χ0v) is 13.9. The highest BCUT2D eigenvalue weighted by Gasteiger charge is 2.20. The second-order valence-corrected chi connectivity index (χ2v) is 7.23. The van der Waals surface area contributed by atoms with Gasteiger partial charge in [0.15, 0.2) is 0 Å². The average molecular weight is 333 g/mol. The molecule has 1 aromatic carbocycles. The molecule has 0 unspecified atom stereocenters. The summed E-state index contributed by atoms with van der Waals surface area (Å²) in [6.45, 7) is 1.76. The maximum absolute atomic E-state index is 12.2. The van der Waals surface area contributed by atoms with Crippen molar-refractivity contribution >= 4 is 21.6 Å². The van der Waals surface area contributed by atoms with Gasteiger partial charge in [0.2, 0.25) is 15.9 Å². The molecular formula is C16H19N3O3S. The van der Waals surface area contributed by atoms with Gasteiger partial charge in [0, 0.05) is 24.6 Å². The monoisotopic (exact) mass is 333 g/mol. The third-order valence-electron chi connectivity index (χ3n) is 3.32. The Bertz CT molecular complexity index is 776. The number of pyridine rings is 1. The molecule has 0 atom stereocenters. The molecule has 1 N–H and O–H groups in total. The van der Waals surface area contributed by atoms with Crippen LogP contribution in [0.4, 0.5) is 5.69 Å². The van der Waals surface area contributed by atoms with Gasteiger partial charge in [0.1, 0.15) is 0 Å². The maximum Gasteiger partial charge on any atom is 0.239 e. The molecule has 0 spiro atoms. The lowest BCUT2D eigenvalue weighted by Gasteiger charge is -2.19. The van der Waals surface area contributed by atoms with Gasteiger partial charge in [-0.3, -0.25) is 9.78 Å². The van der Waals surface area contributed by atoms with Crippen molar-refractivity contribution in [3.8, 4) is 0 Å². The topological polar surface area (TPSA) is 79.4 Å². The van der Waals surface area contributed by atoms with Gasteiger partial charge in [-0.2, -0.15) is 4.31 Å². The predicted octanol–water partition coefficient (Wildman–Crippen LogP) is 1.79. The van der Waals surface area contributed by atoms with Crippen molar-refractivity contribution in [2.45, 2.75) is 13.5 Å². The minimum absolute atomic E-state index is 0.128. The largest absolute Gasteiger partial charge is 0.325 e. The summed E-state index contributed by atoms with van der Waals surface area (Å²) >= 11 is 0. The zero-order chi connectivity index (χ0) is 16.9. The number of anilines is 1. The van der Waals surface area contributed by atoms with E-state index in [9.17, 15) is 13.2 Å². The van der Waals surface area contributed by atoms with E-state index in [-0.39, 0.29) is 19.0 Å². The first-order valence-corrected chi connectivity index (χ1v) is 8.90. The van der Waals surface area contributed by atoms with Gasteiger partial charge in [-0.25, -0.2) is 8.42 Å². The van der Waals surface area contributed by atoms with Crippen LogP contribution in [0.2, 0.25) is 0 Å². The molecule has 0 aliphatic heterocycles. The van der Waals surface area contributed by atoms with Crippen molar-refractivity contribution in [3.63, 3.8) is 0 Å². The fraction of sp³-hybridized carbons (Fsp3) is 0.250. The number of aromatic nitrogens is 1. The molecule has 0 aliphatic rings. The lowest BCUT2D eigenvalue weighted by molar-refractivity contribution is -0.116. The standard InChI is InChI=1S/C16H19N3O3S/c1-13-5-3-4-6-15(13)18-16(20)12-19(23(2,21)22)11-14-7-9-17-10-8-14/h3-10H,11-12H2,1-2H3,(H,18,20). The van der Waals surface area contributed by atoms with Gasteiger partial charge in [-0.15, -0.1) is 0 Å². The van der Waals surface area contributed by atoms with E-state index >= 15 is 0 Å². The third kappa shape index (κ3) is 5.15. The molecule has 1 amide bonds. The Balaban J connectivity index is 2.09. The van der Waals surface area contributed by atoms with Crippen molar-refractivity contribution in [3.05, 3.63) is 59.9 Å². The molecule has 2 aromatic rings. The number of hydrogen-bond donors (Lipinski definition) is 1. The van der Waals surface area contributed by atoms with E-state index in [1.165, 1.54) is 0 Å². The van der Waals surface area contributed by atoms with Crippen molar-refractivity contribution in [2.24, 2.45) is 0 Å². The van der Waals surface area contributed by atoms with E-state index in [4.69, 9.17) is 0 Å². The minimum atomic E-state index is -3.51. The fourth-order valence-electron chi connectivity index (χ4n) is 2.05. The van der Waals surface area contributed by atoms with Crippen LogP contribution in [-0.2, 0) is 21.4 Å². The molecule has 0 saturated carbocycles. The quantitative estimate of drug-likeness (QED) is 0.874. The number of aryl methyl sites for hydroxylation is 1. The molecule has 0 saturated heterocycles. The number of rotatable bonds is 6. The molecular weight excluding hydrogens is 314 g/mol. The van der Waals surface area contributed by atoms with Crippen LogP contribution in [0, 0.1) is 6.92 Å². The summed E-state index contributed by atoms with van der Waals surface area (Å²) < 4.78 is 25.0. The lowest BCUT2D eigenvalue weighted by atomic mass is 10.2. The Labute approximate surface area is 136 Å². The molecule has 6 nitrogen and oxygen atoms in total. The molecule has 1 heterocycles. The van der Waals surface area contributed by atoms with Crippen molar-refractivity contribution < 1.29 is 13.2 Å². The first kappa shape index (κ1) is 17.1. The molecule has 2 rings (SSSR count). The van der Waals surface area contributed by atoms with Crippen LogP contribution in [0.25, 0.3) is 0 Å². The van der Waals surface area contributed by atoms with E-state index in [1.54, 1.807) is 30.6 Å². The number of hydrogen-bond acceptors (Lipinski definition) is 4. The van der Waals surface area contributed by atoms with Gasteiger partial charge in [0.25, 0.3) is 0 Å².